The third-order valence-electron chi connectivity index (χ3n) is 5.69. The van der Waals surface area contributed by atoms with Gasteiger partial charge in [0, 0.05) is 18.0 Å². The van der Waals surface area contributed by atoms with E-state index < -0.39 is 5.82 Å². The van der Waals surface area contributed by atoms with Crippen LogP contribution in [0.1, 0.15) is 41.3 Å². The minimum absolute atomic E-state index is 0.0553. The van der Waals surface area contributed by atoms with Gasteiger partial charge in [-0.15, -0.1) is 0 Å². The van der Waals surface area contributed by atoms with Crippen LogP contribution in [0.15, 0.2) is 67.0 Å². The molecule has 7 heteroatoms. The normalized spacial score (nSPS) is 13.1. The maximum absolute atomic E-state index is 14.2. The number of pyridine rings is 1. The van der Waals surface area contributed by atoms with Gasteiger partial charge in [-0.1, -0.05) is 36.4 Å². The highest BCUT2D eigenvalue weighted by Crippen LogP contribution is 2.30. The van der Waals surface area contributed by atoms with E-state index in [4.69, 9.17) is 9.57 Å². The van der Waals surface area contributed by atoms with Gasteiger partial charge in [-0.25, -0.2) is 9.45 Å². The Morgan fingerprint density at radius 3 is 2.66 bits per heavy atom. The van der Waals surface area contributed by atoms with Crippen molar-refractivity contribution in [2.24, 2.45) is 5.92 Å². The fourth-order valence-electron chi connectivity index (χ4n) is 3.59. The number of ether oxygens (including phenoxy) is 1. The third kappa shape index (κ3) is 6.39. The summed E-state index contributed by atoms with van der Waals surface area (Å²) in [5.41, 5.74) is 3.34. The monoisotopic (exact) mass is 474 g/mol. The molecule has 0 unspecified atom stereocenters. The van der Waals surface area contributed by atoms with E-state index in [1.807, 2.05) is 24.3 Å². The van der Waals surface area contributed by atoms with Crippen LogP contribution in [0.5, 0.6) is 5.75 Å². The second-order valence-corrected chi connectivity index (χ2v) is 8.54. The second kappa shape index (κ2) is 11.1. The molecule has 35 heavy (non-hydrogen) atoms. The van der Waals surface area contributed by atoms with Crippen molar-refractivity contribution in [3.8, 4) is 16.9 Å². The van der Waals surface area contributed by atoms with Crippen LogP contribution in [-0.4, -0.2) is 35.5 Å². The summed E-state index contributed by atoms with van der Waals surface area (Å²) in [5, 5.41) is 1.27. The maximum atomic E-state index is 14.2. The Hall–Kier alpha value is -3.84. The molecule has 1 aromatic heterocycles. The molecule has 4 rings (SSSR count). The van der Waals surface area contributed by atoms with Crippen LogP contribution in [0.2, 0.25) is 0 Å². The van der Waals surface area contributed by atoms with Gasteiger partial charge in [-0.3, -0.25) is 19.4 Å². The smallest absolute Gasteiger partial charge is 0.279 e. The third-order valence-corrected chi connectivity index (χ3v) is 5.69. The van der Waals surface area contributed by atoms with Gasteiger partial charge in [-0.05, 0) is 66.6 Å². The number of carbonyl (C=O) groups excluding carboxylic acids is 2. The van der Waals surface area contributed by atoms with Crippen molar-refractivity contribution in [1.82, 2.24) is 10.0 Å². The van der Waals surface area contributed by atoms with Gasteiger partial charge in [0.05, 0.1) is 25.8 Å². The van der Waals surface area contributed by atoms with Gasteiger partial charge in [0.1, 0.15) is 0 Å². The Morgan fingerprint density at radius 1 is 1.14 bits per heavy atom. The average molecular weight is 475 g/mol. The molecule has 1 aliphatic rings. The summed E-state index contributed by atoms with van der Waals surface area (Å²) in [6.45, 7) is 2.00. The Kier molecular flexibility index (Phi) is 7.67. The van der Waals surface area contributed by atoms with E-state index in [9.17, 15) is 14.0 Å². The van der Waals surface area contributed by atoms with Crippen molar-refractivity contribution in [1.29, 1.82) is 0 Å². The number of hydrogen-bond donors (Lipinski definition) is 0. The summed E-state index contributed by atoms with van der Waals surface area (Å²) in [6, 6.07) is 13.9. The summed E-state index contributed by atoms with van der Waals surface area (Å²) >= 11 is 0. The number of halogens is 1. The first-order chi connectivity index (χ1) is 16.9. The van der Waals surface area contributed by atoms with E-state index in [1.54, 1.807) is 24.4 Å². The number of aromatic nitrogens is 1. The molecule has 2 aromatic carbocycles. The van der Waals surface area contributed by atoms with E-state index in [0.29, 0.717) is 23.7 Å². The average Bonchev–Trinajstić information content (AvgIpc) is 3.70. The van der Waals surface area contributed by atoms with Crippen molar-refractivity contribution < 1.29 is 23.6 Å². The van der Waals surface area contributed by atoms with Crippen LogP contribution < -0.4 is 4.74 Å². The molecule has 0 aliphatic heterocycles. The SMILES string of the molecule is COc1ccc(CN(OCC2CC2)C(=O)c2cncc(-c3ccccc3/C=C/C(C)=O)c2)cc1F. The van der Waals surface area contributed by atoms with Crippen molar-refractivity contribution >= 4 is 17.8 Å². The molecular formula is C28H27FN2O4. The molecule has 0 saturated heterocycles. The molecule has 1 saturated carbocycles. The first-order valence-electron chi connectivity index (χ1n) is 11.4. The van der Waals surface area contributed by atoms with E-state index in [2.05, 4.69) is 4.98 Å². The van der Waals surface area contributed by atoms with Gasteiger partial charge >= 0.3 is 0 Å². The molecule has 180 valence electrons. The van der Waals surface area contributed by atoms with Gasteiger partial charge in [-0.2, -0.15) is 0 Å². The zero-order valence-corrected chi connectivity index (χ0v) is 19.7. The predicted octanol–water partition coefficient (Wildman–Crippen LogP) is 5.48. The minimum Gasteiger partial charge on any atom is -0.494 e. The summed E-state index contributed by atoms with van der Waals surface area (Å²) in [6.07, 6.45) is 8.55. The van der Waals surface area contributed by atoms with Gasteiger partial charge in [0.25, 0.3) is 5.91 Å². The highest BCUT2D eigenvalue weighted by molar-refractivity contribution is 5.95. The first-order valence-corrected chi connectivity index (χ1v) is 11.4. The number of rotatable bonds is 10. The van der Waals surface area contributed by atoms with Crippen LogP contribution >= 0.6 is 0 Å². The second-order valence-electron chi connectivity index (χ2n) is 8.54. The van der Waals surface area contributed by atoms with Crippen LogP contribution in [0.4, 0.5) is 4.39 Å². The van der Waals surface area contributed by atoms with E-state index in [1.165, 1.54) is 43.5 Å². The number of hydrogen-bond acceptors (Lipinski definition) is 5. The summed E-state index contributed by atoms with van der Waals surface area (Å²) < 4.78 is 19.2. The van der Waals surface area contributed by atoms with E-state index in [0.717, 1.165) is 29.5 Å². The van der Waals surface area contributed by atoms with Crippen LogP contribution in [-0.2, 0) is 16.2 Å². The van der Waals surface area contributed by atoms with Crippen LogP contribution in [0.3, 0.4) is 0 Å². The van der Waals surface area contributed by atoms with Crippen molar-refractivity contribution in [3.05, 3.63) is 89.5 Å². The number of benzene rings is 2. The van der Waals surface area contributed by atoms with E-state index in [-0.39, 0.29) is 24.0 Å². The topological polar surface area (TPSA) is 68.7 Å². The number of amides is 1. The Balaban J connectivity index is 1.61. The number of carbonyl (C=O) groups is 2. The molecule has 0 radical (unpaired) electrons. The van der Waals surface area contributed by atoms with Gasteiger partial charge in [0.2, 0.25) is 0 Å². The number of nitrogens with zero attached hydrogens (tertiary/aromatic N) is 2. The van der Waals surface area contributed by atoms with Crippen LogP contribution in [0.25, 0.3) is 17.2 Å². The fraction of sp³-hybridized carbons (Fsp3) is 0.250. The van der Waals surface area contributed by atoms with Crippen molar-refractivity contribution in [2.75, 3.05) is 13.7 Å². The first kappa shape index (κ1) is 24.3. The summed E-state index contributed by atoms with van der Waals surface area (Å²) in [4.78, 5) is 35.0. The van der Waals surface area contributed by atoms with Crippen LogP contribution in [0, 0.1) is 11.7 Å². The molecule has 0 N–H and O–H groups in total. The van der Waals surface area contributed by atoms with E-state index >= 15 is 0 Å². The molecule has 0 atom stereocenters. The number of ketones is 1. The lowest BCUT2D eigenvalue weighted by molar-refractivity contribution is -0.133. The molecule has 3 aromatic rings. The van der Waals surface area contributed by atoms with Gasteiger partial charge in [0.15, 0.2) is 17.3 Å². The molecular weight excluding hydrogens is 447 g/mol. The minimum atomic E-state index is -0.501. The molecule has 1 aliphatic carbocycles. The molecule has 6 nitrogen and oxygen atoms in total. The lowest BCUT2D eigenvalue weighted by Crippen LogP contribution is -2.31. The standard InChI is InChI=1S/C28H27FN2O4/c1-19(32)7-11-22-5-3-4-6-25(22)23-14-24(16-30-15-23)28(33)31(35-18-20-8-9-20)17-21-10-12-27(34-2)26(29)13-21/h3-7,10-16,20H,8-9,17-18H2,1-2H3/b11-7+. The fourth-order valence-corrected chi connectivity index (χ4v) is 3.59. The Morgan fingerprint density at radius 2 is 1.94 bits per heavy atom. The molecule has 0 bridgehead atoms. The highest BCUT2D eigenvalue weighted by Gasteiger charge is 2.26. The zero-order valence-electron chi connectivity index (χ0n) is 19.7. The molecule has 1 heterocycles. The Bertz CT molecular complexity index is 1250. The maximum Gasteiger partial charge on any atom is 0.279 e. The number of allylic oxidation sites excluding steroid dienone is 1. The summed E-state index contributed by atoms with van der Waals surface area (Å²) in [5.74, 6) is -0.353. The lowest BCUT2D eigenvalue weighted by atomic mass is 9.99. The highest BCUT2D eigenvalue weighted by atomic mass is 19.1. The predicted molar refractivity (Wildman–Crippen MR) is 131 cm³/mol. The van der Waals surface area contributed by atoms with Crippen molar-refractivity contribution in [2.45, 2.75) is 26.3 Å². The zero-order chi connectivity index (χ0) is 24.8. The van der Waals surface area contributed by atoms with Crippen molar-refractivity contribution in [3.63, 3.8) is 0 Å². The Labute approximate surface area is 204 Å². The molecule has 1 fully saturated rings. The molecule has 0 spiro atoms. The lowest BCUT2D eigenvalue weighted by Gasteiger charge is -2.22. The van der Waals surface area contributed by atoms with Gasteiger partial charge < -0.3 is 4.74 Å². The molecule has 1 amide bonds. The summed E-state index contributed by atoms with van der Waals surface area (Å²) in [7, 11) is 1.40. The quantitative estimate of drug-likeness (QED) is 0.287. The number of hydroxylamine groups is 2. The number of methoxy groups -OCH3 is 1. The largest absolute Gasteiger partial charge is 0.494 e.